The summed E-state index contributed by atoms with van der Waals surface area (Å²) < 4.78 is 0. The smallest absolute Gasteiger partial charge is 0.229 e. The van der Waals surface area contributed by atoms with Crippen LogP contribution in [0.15, 0.2) is 71.8 Å². The number of ketones is 2. The minimum absolute atomic E-state index is 0.349. The minimum atomic E-state index is -0.349. The molecule has 2 nitrogen and oxygen atoms in total. The number of hydrogen-bond donors (Lipinski definition) is 0. The molecule has 1 aliphatic rings. The van der Waals surface area contributed by atoms with Gasteiger partial charge in [0.25, 0.3) is 0 Å². The van der Waals surface area contributed by atoms with Crippen LogP contribution in [0.4, 0.5) is 0 Å². The molecule has 0 aromatic heterocycles. The number of allylic oxidation sites excluding steroid dienone is 2. The van der Waals surface area contributed by atoms with E-state index >= 15 is 0 Å². The van der Waals surface area contributed by atoms with Crippen molar-refractivity contribution in [2.24, 2.45) is 0 Å². The second kappa shape index (κ2) is 9.10. The minimum Gasteiger partial charge on any atom is -0.285 e. The first-order valence-corrected chi connectivity index (χ1v) is 9.34. The first-order valence-electron chi connectivity index (χ1n) is 9.34. The molecule has 0 radical (unpaired) electrons. The van der Waals surface area contributed by atoms with Crippen molar-refractivity contribution >= 4 is 23.7 Å². The Morgan fingerprint density at radius 2 is 0.923 bits per heavy atom. The topological polar surface area (TPSA) is 34.1 Å². The molecule has 0 heterocycles. The third-order valence-corrected chi connectivity index (χ3v) is 4.71. The normalized spacial score (nSPS) is 19.7. The molecule has 0 spiro atoms. The zero-order valence-corrected chi connectivity index (χ0v) is 15.0. The summed E-state index contributed by atoms with van der Waals surface area (Å²) in [6.07, 6.45) is 9.17. The molecule has 0 bridgehead atoms. The molecule has 1 fully saturated rings. The average molecular weight is 344 g/mol. The largest absolute Gasteiger partial charge is 0.285 e. The van der Waals surface area contributed by atoms with E-state index in [2.05, 4.69) is 0 Å². The molecule has 0 aliphatic heterocycles. The van der Waals surface area contributed by atoms with E-state index in [9.17, 15) is 9.59 Å². The zero-order valence-electron chi connectivity index (χ0n) is 15.0. The molecule has 2 aromatic rings. The number of carbonyl (C=O) groups is 2. The molecule has 0 atom stereocenters. The molecule has 132 valence electrons. The van der Waals surface area contributed by atoms with Crippen LogP contribution >= 0.6 is 0 Å². The molecule has 0 unspecified atom stereocenters. The molecule has 2 heteroatoms. The van der Waals surface area contributed by atoms with Gasteiger partial charge < -0.3 is 0 Å². The maximum atomic E-state index is 12.9. The van der Waals surface area contributed by atoms with Crippen LogP contribution in [-0.4, -0.2) is 11.6 Å². The maximum Gasteiger partial charge on any atom is 0.229 e. The lowest BCUT2D eigenvalue weighted by molar-refractivity contribution is -0.132. The fourth-order valence-corrected chi connectivity index (χ4v) is 3.28. The summed E-state index contributed by atoms with van der Waals surface area (Å²) in [5.41, 5.74) is 3.19. The number of benzene rings is 2. The molecular formula is C24H24O2. The van der Waals surface area contributed by atoms with E-state index in [1.54, 1.807) is 0 Å². The van der Waals surface area contributed by atoms with Crippen molar-refractivity contribution in [1.82, 2.24) is 0 Å². The van der Waals surface area contributed by atoms with E-state index in [0.717, 1.165) is 36.8 Å². The summed E-state index contributed by atoms with van der Waals surface area (Å²) >= 11 is 0. The van der Waals surface area contributed by atoms with Crippen molar-refractivity contribution < 1.29 is 9.59 Å². The Balaban J connectivity index is 1.92. The standard InChI is InChI=1S/C24H24O2/c25-23-21(17-19-11-5-3-6-12-19)15-9-1-2-10-16-22(24(23)26)18-20-13-7-4-8-14-20/h3-8,11-14,17-18H,1-2,9-10,15-16H2/b21-17-,22-18?. The number of hydrogen-bond acceptors (Lipinski definition) is 2. The van der Waals surface area contributed by atoms with Gasteiger partial charge >= 0.3 is 0 Å². The highest BCUT2D eigenvalue weighted by Gasteiger charge is 2.23. The Labute approximate surface area is 155 Å². The molecular weight excluding hydrogens is 320 g/mol. The van der Waals surface area contributed by atoms with Crippen molar-refractivity contribution in [2.75, 3.05) is 0 Å². The Morgan fingerprint density at radius 3 is 1.31 bits per heavy atom. The molecule has 2 aromatic carbocycles. The molecule has 1 aliphatic carbocycles. The predicted octanol–water partition coefficient (Wildman–Crippen LogP) is 5.65. The van der Waals surface area contributed by atoms with Crippen LogP contribution < -0.4 is 0 Å². The van der Waals surface area contributed by atoms with Crippen molar-refractivity contribution in [3.63, 3.8) is 0 Å². The second-order valence-electron chi connectivity index (χ2n) is 6.73. The lowest BCUT2D eigenvalue weighted by atomic mass is 9.90. The maximum absolute atomic E-state index is 12.9. The quantitative estimate of drug-likeness (QED) is 0.521. The lowest BCUT2D eigenvalue weighted by Crippen LogP contribution is -2.19. The third kappa shape index (κ3) is 4.89. The summed E-state index contributed by atoms with van der Waals surface area (Å²) in [6, 6.07) is 19.5. The van der Waals surface area contributed by atoms with Crippen molar-refractivity contribution in [3.8, 4) is 0 Å². The van der Waals surface area contributed by atoms with E-state index in [0.29, 0.717) is 24.0 Å². The van der Waals surface area contributed by atoms with Crippen LogP contribution in [0, 0.1) is 0 Å². The van der Waals surface area contributed by atoms with E-state index in [1.165, 1.54) is 0 Å². The Hall–Kier alpha value is -2.74. The summed E-state index contributed by atoms with van der Waals surface area (Å²) in [5.74, 6) is -0.698. The number of carbonyl (C=O) groups excluding carboxylic acids is 2. The van der Waals surface area contributed by atoms with E-state index in [1.807, 2.05) is 72.8 Å². The van der Waals surface area contributed by atoms with Crippen LogP contribution in [0.5, 0.6) is 0 Å². The Morgan fingerprint density at radius 1 is 0.538 bits per heavy atom. The van der Waals surface area contributed by atoms with Gasteiger partial charge in [-0.05, 0) is 49.0 Å². The van der Waals surface area contributed by atoms with Gasteiger partial charge in [0, 0.05) is 11.1 Å². The van der Waals surface area contributed by atoms with E-state index < -0.39 is 0 Å². The zero-order chi connectivity index (χ0) is 18.2. The molecule has 1 saturated carbocycles. The van der Waals surface area contributed by atoms with E-state index in [-0.39, 0.29) is 11.6 Å². The second-order valence-corrected chi connectivity index (χ2v) is 6.73. The van der Waals surface area contributed by atoms with Crippen molar-refractivity contribution in [1.29, 1.82) is 0 Å². The van der Waals surface area contributed by atoms with Crippen molar-refractivity contribution in [3.05, 3.63) is 82.9 Å². The van der Waals surface area contributed by atoms with Crippen LogP contribution in [0.3, 0.4) is 0 Å². The highest BCUT2D eigenvalue weighted by atomic mass is 16.2. The Bertz CT molecular complexity index is 742. The molecule has 3 rings (SSSR count). The SMILES string of the molecule is O=C1C(=O)/C(=C\c2ccccc2)CCCCCCC1=Cc1ccccc1. The van der Waals surface area contributed by atoms with Gasteiger partial charge in [0.2, 0.25) is 11.6 Å². The predicted molar refractivity (Wildman–Crippen MR) is 107 cm³/mol. The average Bonchev–Trinajstić information content (AvgIpc) is 2.68. The first kappa shape index (κ1) is 18.1. The number of rotatable bonds is 2. The van der Waals surface area contributed by atoms with Gasteiger partial charge in [-0.25, -0.2) is 0 Å². The van der Waals surface area contributed by atoms with Gasteiger partial charge in [-0.2, -0.15) is 0 Å². The van der Waals surface area contributed by atoms with Crippen LogP contribution in [0.25, 0.3) is 12.2 Å². The summed E-state index contributed by atoms with van der Waals surface area (Å²) in [5, 5.41) is 0. The highest BCUT2D eigenvalue weighted by Crippen LogP contribution is 2.23. The van der Waals surface area contributed by atoms with Gasteiger partial charge in [-0.15, -0.1) is 0 Å². The van der Waals surface area contributed by atoms with Gasteiger partial charge in [0.1, 0.15) is 0 Å². The van der Waals surface area contributed by atoms with Gasteiger partial charge in [0.15, 0.2) is 0 Å². The van der Waals surface area contributed by atoms with E-state index in [4.69, 9.17) is 0 Å². The molecule has 26 heavy (non-hydrogen) atoms. The van der Waals surface area contributed by atoms with Crippen molar-refractivity contribution in [2.45, 2.75) is 38.5 Å². The number of Topliss-reactive ketones (excluding diaryl/α,β-unsaturated/α-hetero) is 2. The molecule has 0 amide bonds. The van der Waals surface area contributed by atoms with Crippen LogP contribution in [0.1, 0.15) is 49.7 Å². The Kier molecular flexibility index (Phi) is 6.32. The van der Waals surface area contributed by atoms with Gasteiger partial charge in [-0.3, -0.25) is 9.59 Å². The molecule has 0 saturated heterocycles. The summed E-state index contributed by atoms with van der Waals surface area (Å²) in [6.45, 7) is 0. The van der Waals surface area contributed by atoms with Gasteiger partial charge in [0.05, 0.1) is 0 Å². The molecule has 0 N–H and O–H groups in total. The third-order valence-electron chi connectivity index (χ3n) is 4.71. The monoisotopic (exact) mass is 344 g/mol. The fourth-order valence-electron chi connectivity index (χ4n) is 3.28. The summed E-state index contributed by atoms with van der Waals surface area (Å²) in [7, 11) is 0. The highest BCUT2D eigenvalue weighted by molar-refractivity contribution is 6.50. The first-order chi connectivity index (χ1) is 12.7. The van der Waals surface area contributed by atoms with Gasteiger partial charge in [-0.1, -0.05) is 73.5 Å². The van der Waals surface area contributed by atoms with Crippen LogP contribution in [0.2, 0.25) is 0 Å². The fraction of sp³-hybridized carbons (Fsp3) is 0.250. The summed E-state index contributed by atoms with van der Waals surface area (Å²) in [4.78, 5) is 25.8. The lowest BCUT2D eigenvalue weighted by Gasteiger charge is -2.12. The van der Waals surface area contributed by atoms with Crippen LogP contribution in [-0.2, 0) is 9.59 Å².